The summed E-state index contributed by atoms with van der Waals surface area (Å²) in [6.45, 7) is -0.00342. The number of rotatable bonds is 6. The number of Topliss-reactive ketones (excluding diaryl/α,β-unsaturated/α-hetero) is 1. The summed E-state index contributed by atoms with van der Waals surface area (Å²) in [6, 6.07) is 13.2. The maximum Gasteiger partial charge on any atom is 0.290 e. The van der Waals surface area contributed by atoms with Crippen LogP contribution < -0.4 is 4.74 Å². The smallest absolute Gasteiger partial charge is 0.290 e. The second kappa shape index (κ2) is 8.31. The fraction of sp³-hybridized carbons (Fsp3) is 0.120. The molecule has 1 unspecified atom stereocenters. The Morgan fingerprint density at radius 3 is 2.68 bits per heavy atom. The number of ketones is 1. The highest BCUT2D eigenvalue weighted by molar-refractivity contribution is 6.31. The lowest BCUT2D eigenvalue weighted by molar-refractivity contribution is -0.130. The molecule has 2 aromatic heterocycles. The summed E-state index contributed by atoms with van der Waals surface area (Å²) in [5.41, 5.74) is 0.566. The number of phenolic OH excluding ortho intramolecular Hbond substituents is 1. The van der Waals surface area contributed by atoms with Crippen molar-refractivity contribution >= 4 is 34.3 Å². The Labute approximate surface area is 198 Å². The van der Waals surface area contributed by atoms with Gasteiger partial charge >= 0.3 is 0 Å². The Bertz CT molecular complexity index is 1450. The van der Waals surface area contributed by atoms with E-state index in [9.17, 15) is 19.8 Å². The van der Waals surface area contributed by atoms with Gasteiger partial charge in [-0.1, -0.05) is 23.7 Å². The Kier molecular flexibility index (Phi) is 5.30. The third kappa shape index (κ3) is 3.58. The lowest BCUT2D eigenvalue weighted by Crippen LogP contribution is -2.30. The number of ether oxygens (including phenoxy) is 1. The number of halogens is 1. The molecular formula is C25H18ClNO7. The van der Waals surface area contributed by atoms with Crippen LogP contribution in [0.1, 0.15) is 27.9 Å². The first-order valence-electron chi connectivity index (χ1n) is 10.2. The number of aromatic hydroxyl groups is 1. The van der Waals surface area contributed by atoms with E-state index < -0.39 is 23.5 Å². The Balaban J connectivity index is 1.62. The van der Waals surface area contributed by atoms with Crippen LogP contribution in [-0.2, 0) is 11.3 Å². The highest BCUT2D eigenvalue weighted by Gasteiger charge is 2.45. The van der Waals surface area contributed by atoms with Crippen LogP contribution in [0.5, 0.6) is 11.5 Å². The van der Waals surface area contributed by atoms with E-state index in [-0.39, 0.29) is 23.6 Å². The molecule has 0 fully saturated rings. The Morgan fingerprint density at radius 1 is 1.15 bits per heavy atom. The second-order valence-electron chi connectivity index (χ2n) is 7.74. The van der Waals surface area contributed by atoms with Crippen LogP contribution in [0.4, 0.5) is 0 Å². The van der Waals surface area contributed by atoms with E-state index in [1.807, 2.05) is 0 Å². The summed E-state index contributed by atoms with van der Waals surface area (Å²) < 4.78 is 16.4. The van der Waals surface area contributed by atoms with Gasteiger partial charge in [-0.3, -0.25) is 9.59 Å². The maximum atomic E-state index is 13.6. The molecule has 172 valence electrons. The minimum Gasteiger partial charge on any atom is -0.508 e. The quantitative estimate of drug-likeness (QED) is 0.366. The molecule has 2 aromatic carbocycles. The molecule has 0 saturated heterocycles. The first-order valence-corrected chi connectivity index (χ1v) is 10.6. The van der Waals surface area contributed by atoms with Crippen molar-refractivity contribution in [2.45, 2.75) is 12.6 Å². The molecule has 4 aromatic rings. The average Bonchev–Trinajstić information content (AvgIpc) is 3.53. The third-order valence-electron chi connectivity index (χ3n) is 5.63. The highest BCUT2D eigenvalue weighted by atomic mass is 35.5. The van der Waals surface area contributed by atoms with E-state index in [1.54, 1.807) is 36.4 Å². The predicted molar refractivity (Wildman–Crippen MR) is 122 cm³/mol. The van der Waals surface area contributed by atoms with Crippen molar-refractivity contribution in [2.75, 3.05) is 7.11 Å². The third-order valence-corrected chi connectivity index (χ3v) is 5.85. The van der Waals surface area contributed by atoms with Gasteiger partial charge in [0.25, 0.3) is 5.91 Å². The van der Waals surface area contributed by atoms with E-state index >= 15 is 0 Å². The number of aliphatic hydroxyl groups excluding tert-OH is 1. The number of furan rings is 2. The largest absolute Gasteiger partial charge is 0.508 e. The first-order chi connectivity index (χ1) is 16.4. The van der Waals surface area contributed by atoms with Gasteiger partial charge in [0.1, 0.15) is 11.5 Å². The van der Waals surface area contributed by atoms with Gasteiger partial charge in [-0.2, -0.15) is 0 Å². The number of amides is 1. The Hall–Kier alpha value is -4.17. The standard InChI is InChI=1S/C25H18ClNO7/c1-32-19-11-15(26)8-14-10-18(34-24(14)19)22(29)20-21(13-4-2-5-16(28)9-13)27(25(31)23(20)30)12-17-6-3-7-33-17/h2-11,21,28,30H,12H2,1H3. The molecule has 3 heterocycles. The number of hydrogen-bond acceptors (Lipinski definition) is 7. The molecule has 0 radical (unpaired) electrons. The lowest BCUT2D eigenvalue weighted by atomic mass is 9.94. The lowest BCUT2D eigenvalue weighted by Gasteiger charge is -2.26. The molecule has 1 aliphatic rings. The Morgan fingerprint density at radius 2 is 1.97 bits per heavy atom. The van der Waals surface area contributed by atoms with Gasteiger partial charge in [0.15, 0.2) is 22.9 Å². The molecule has 34 heavy (non-hydrogen) atoms. The van der Waals surface area contributed by atoms with Crippen molar-refractivity contribution in [1.29, 1.82) is 0 Å². The molecule has 9 heteroatoms. The summed E-state index contributed by atoms with van der Waals surface area (Å²) in [5, 5.41) is 21.8. The van der Waals surface area contributed by atoms with E-state index in [1.165, 1.54) is 36.5 Å². The van der Waals surface area contributed by atoms with Gasteiger partial charge in [-0.25, -0.2) is 0 Å². The predicted octanol–water partition coefficient (Wildman–Crippen LogP) is 5.17. The van der Waals surface area contributed by atoms with Gasteiger partial charge in [0.2, 0.25) is 5.78 Å². The molecule has 5 rings (SSSR count). The van der Waals surface area contributed by atoms with Crippen LogP contribution in [0.2, 0.25) is 5.02 Å². The van der Waals surface area contributed by atoms with Crippen molar-refractivity contribution in [2.24, 2.45) is 0 Å². The summed E-state index contributed by atoms with van der Waals surface area (Å²) in [4.78, 5) is 28.0. The molecular weight excluding hydrogens is 462 g/mol. The molecule has 1 amide bonds. The van der Waals surface area contributed by atoms with Crippen molar-refractivity contribution in [3.8, 4) is 11.5 Å². The van der Waals surface area contributed by atoms with Gasteiger partial charge in [-0.05, 0) is 42.0 Å². The number of nitrogens with zero attached hydrogens (tertiary/aromatic N) is 1. The number of carbonyl (C=O) groups is 2. The molecule has 0 saturated carbocycles. The van der Waals surface area contributed by atoms with Gasteiger partial charge in [0.05, 0.1) is 31.5 Å². The van der Waals surface area contributed by atoms with Gasteiger partial charge < -0.3 is 28.7 Å². The number of aliphatic hydroxyl groups is 1. The van der Waals surface area contributed by atoms with Crippen LogP contribution in [0.15, 0.2) is 81.0 Å². The molecule has 2 N–H and O–H groups in total. The fourth-order valence-electron chi connectivity index (χ4n) is 4.14. The van der Waals surface area contributed by atoms with Crippen LogP contribution in [0.25, 0.3) is 11.0 Å². The minimum absolute atomic E-state index is 0.00342. The zero-order valence-corrected chi connectivity index (χ0v) is 18.6. The summed E-state index contributed by atoms with van der Waals surface area (Å²) in [7, 11) is 1.45. The number of carbonyl (C=O) groups excluding carboxylic acids is 2. The SMILES string of the molecule is COc1cc(Cl)cc2cc(C(=O)C3=C(O)C(=O)N(Cc4ccco4)C3c3cccc(O)c3)oc12. The summed E-state index contributed by atoms with van der Waals surface area (Å²) in [5.74, 6) is -1.48. The van der Waals surface area contributed by atoms with Crippen molar-refractivity contribution in [3.05, 3.63) is 94.3 Å². The normalized spacial score (nSPS) is 16.0. The van der Waals surface area contributed by atoms with Crippen molar-refractivity contribution in [3.63, 3.8) is 0 Å². The average molecular weight is 480 g/mol. The van der Waals surface area contributed by atoms with E-state index in [0.717, 1.165) is 0 Å². The molecule has 8 nitrogen and oxygen atoms in total. The first kappa shape index (κ1) is 21.7. The van der Waals surface area contributed by atoms with E-state index in [0.29, 0.717) is 33.1 Å². The zero-order chi connectivity index (χ0) is 24.0. The van der Waals surface area contributed by atoms with Gasteiger partial charge in [0, 0.05) is 16.5 Å². The summed E-state index contributed by atoms with van der Waals surface area (Å²) in [6.07, 6.45) is 1.46. The van der Waals surface area contributed by atoms with Crippen molar-refractivity contribution in [1.82, 2.24) is 4.90 Å². The molecule has 1 aliphatic heterocycles. The van der Waals surface area contributed by atoms with Gasteiger partial charge in [-0.15, -0.1) is 0 Å². The topological polar surface area (TPSA) is 113 Å². The second-order valence-corrected chi connectivity index (χ2v) is 8.17. The fourth-order valence-corrected chi connectivity index (χ4v) is 4.36. The molecule has 1 atom stereocenters. The van der Waals surface area contributed by atoms with Crippen LogP contribution in [-0.4, -0.2) is 33.9 Å². The number of methoxy groups -OCH3 is 1. The van der Waals surface area contributed by atoms with Crippen LogP contribution in [0, 0.1) is 0 Å². The molecule has 0 aliphatic carbocycles. The molecule has 0 spiro atoms. The van der Waals surface area contributed by atoms with Crippen molar-refractivity contribution < 1.29 is 33.4 Å². The van der Waals surface area contributed by atoms with E-state index in [4.69, 9.17) is 25.2 Å². The monoisotopic (exact) mass is 479 g/mol. The number of phenols is 1. The minimum atomic E-state index is -0.990. The number of benzene rings is 2. The number of fused-ring (bicyclic) bond motifs is 1. The summed E-state index contributed by atoms with van der Waals surface area (Å²) >= 11 is 6.13. The maximum absolute atomic E-state index is 13.6. The molecule has 0 bridgehead atoms. The van der Waals surface area contributed by atoms with Crippen LogP contribution in [0.3, 0.4) is 0 Å². The van der Waals surface area contributed by atoms with E-state index in [2.05, 4.69) is 0 Å². The number of hydrogen-bond donors (Lipinski definition) is 2. The highest BCUT2D eigenvalue weighted by Crippen LogP contribution is 2.42. The zero-order valence-electron chi connectivity index (χ0n) is 17.8. The van der Waals surface area contributed by atoms with Crippen LogP contribution >= 0.6 is 11.6 Å².